The van der Waals surface area contributed by atoms with Crippen molar-refractivity contribution in [1.29, 1.82) is 0 Å². The van der Waals surface area contributed by atoms with Crippen LogP contribution in [0.4, 0.5) is 0 Å². The first kappa shape index (κ1) is 20.1. The lowest BCUT2D eigenvalue weighted by Gasteiger charge is -2.20. The molecule has 0 aliphatic carbocycles. The van der Waals surface area contributed by atoms with Crippen LogP contribution in [0.5, 0.6) is 0 Å². The van der Waals surface area contributed by atoms with Gasteiger partial charge in [0.05, 0.1) is 16.9 Å². The van der Waals surface area contributed by atoms with Gasteiger partial charge in [-0.25, -0.2) is 13.1 Å². The number of carboxylic acid groups (broad SMARTS) is 1. The summed E-state index contributed by atoms with van der Waals surface area (Å²) in [5, 5.41) is 9.18. The van der Waals surface area contributed by atoms with Crippen LogP contribution in [0.3, 0.4) is 0 Å². The molecule has 26 heavy (non-hydrogen) atoms. The number of rotatable bonds is 9. The molecule has 2 rings (SSSR count). The molecule has 0 unspecified atom stereocenters. The minimum absolute atomic E-state index is 0.0215. The molecule has 2 atom stereocenters. The van der Waals surface area contributed by atoms with Gasteiger partial charge in [0.1, 0.15) is 6.04 Å². The van der Waals surface area contributed by atoms with E-state index in [4.69, 9.17) is 0 Å². The highest BCUT2D eigenvalue weighted by Gasteiger charge is 2.35. The number of imide groups is 1. The summed E-state index contributed by atoms with van der Waals surface area (Å²) in [4.78, 5) is 36.7. The molecule has 0 saturated carbocycles. The molecule has 1 aromatic carbocycles. The van der Waals surface area contributed by atoms with Crippen molar-refractivity contribution in [1.82, 2.24) is 9.62 Å². The number of hydrogen-bond acceptors (Lipinski definition) is 5. The fraction of sp³-hybridized carbons (Fsp3) is 0.471. The monoisotopic (exact) mass is 382 g/mol. The van der Waals surface area contributed by atoms with E-state index in [0.717, 1.165) is 4.90 Å². The van der Waals surface area contributed by atoms with Gasteiger partial charge in [-0.05, 0) is 24.5 Å². The number of amides is 2. The highest BCUT2D eigenvalue weighted by molar-refractivity contribution is 7.89. The van der Waals surface area contributed by atoms with Gasteiger partial charge >= 0.3 is 5.97 Å². The summed E-state index contributed by atoms with van der Waals surface area (Å²) in [5.74, 6) is -2.86. The molecule has 0 fully saturated rings. The molecule has 1 heterocycles. The highest BCUT2D eigenvalue weighted by Crippen LogP contribution is 2.22. The van der Waals surface area contributed by atoms with Crippen molar-refractivity contribution in [2.45, 2.75) is 32.7 Å². The number of sulfonamides is 1. The molecule has 0 bridgehead atoms. The van der Waals surface area contributed by atoms with E-state index in [2.05, 4.69) is 4.72 Å². The molecule has 2 amide bonds. The molecular weight excluding hydrogens is 360 g/mol. The first-order valence-electron chi connectivity index (χ1n) is 8.36. The van der Waals surface area contributed by atoms with Crippen LogP contribution in [0.25, 0.3) is 0 Å². The topological polar surface area (TPSA) is 121 Å². The summed E-state index contributed by atoms with van der Waals surface area (Å²) in [6.45, 7) is 3.38. The van der Waals surface area contributed by atoms with Gasteiger partial charge < -0.3 is 5.11 Å². The van der Waals surface area contributed by atoms with Crippen LogP contribution in [0, 0.1) is 5.92 Å². The normalized spacial score (nSPS) is 16.5. The Balaban J connectivity index is 1.96. The second-order valence-electron chi connectivity index (χ2n) is 6.30. The van der Waals surface area contributed by atoms with Crippen LogP contribution < -0.4 is 4.72 Å². The Kier molecular flexibility index (Phi) is 6.14. The lowest BCUT2D eigenvalue weighted by Crippen LogP contribution is -2.46. The number of nitrogens with zero attached hydrogens (tertiary/aromatic N) is 1. The average molecular weight is 382 g/mol. The van der Waals surface area contributed by atoms with Crippen molar-refractivity contribution in [3.05, 3.63) is 35.4 Å². The maximum Gasteiger partial charge on any atom is 0.322 e. The maximum absolute atomic E-state index is 12.2. The van der Waals surface area contributed by atoms with Crippen molar-refractivity contribution in [3.8, 4) is 0 Å². The van der Waals surface area contributed by atoms with Crippen LogP contribution in [-0.4, -0.2) is 54.5 Å². The van der Waals surface area contributed by atoms with Gasteiger partial charge in [0.25, 0.3) is 11.8 Å². The van der Waals surface area contributed by atoms with Crippen molar-refractivity contribution < 1.29 is 27.9 Å². The second-order valence-corrected chi connectivity index (χ2v) is 8.17. The first-order valence-corrected chi connectivity index (χ1v) is 10.0. The largest absolute Gasteiger partial charge is 0.480 e. The molecule has 1 aromatic rings. The van der Waals surface area contributed by atoms with Gasteiger partial charge in [0.2, 0.25) is 10.0 Å². The van der Waals surface area contributed by atoms with Crippen LogP contribution >= 0.6 is 0 Å². The van der Waals surface area contributed by atoms with Gasteiger partial charge in [0, 0.05) is 6.54 Å². The summed E-state index contributed by atoms with van der Waals surface area (Å²) in [5.41, 5.74) is 0.613. The molecule has 0 saturated heterocycles. The highest BCUT2D eigenvalue weighted by atomic mass is 32.2. The van der Waals surface area contributed by atoms with Crippen LogP contribution in [-0.2, 0) is 14.8 Å². The average Bonchev–Trinajstić information content (AvgIpc) is 2.84. The lowest BCUT2D eigenvalue weighted by atomic mass is 10.0. The smallest absolute Gasteiger partial charge is 0.322 e. The Morgan fingerprint density at radius 1 is 1.19 bits per heavy atom. The van der Waals surface area contributed by atoms with E-state index in [1.54, 1.807) is 38.1 Å². The Morgan fingerprint density at radius 2 is 1.73 bits per heavy atom. The number of carbonyl (C=O) groups is 3. The summed E-state index contributed by atoms with van der Waals surface area (Å²) in [6, 6.07) is 5.21. The zero-order valence-electron chi connectivity index (χ0n) is 14.6. The predicted molar refractivity (Wildman–Crippen MR) is 94.2 cm³/mol. The summed E-state index contributed by atoms with van der Waals surface area (Å²) in [6.07, 6.45) is 0.530. The van der Waals surface area contributed by atoms with Gasteiger partial charge in [-0.2, -0.15) is 0 Å². The second kappa shape index (κ2) is 7.96. The van der Waals surface area contributed by atoms with Gasteiger partial charge in [-0.3, -0.25) is 19.3 Å². The quantitative estimate of drug-likeness (QED) is 0.617. The third-order valence-electron chi connectivity index (χ3n) is 4.46. The molecule has 0 radical (unpaired) electrons. The van der Waals surface area contributed by atoms with E-state index < -0.39 is 33.8 Å². The molecule has 0 spiro atoms. The lowest BCUT2D eigenvalue weighted by molar-refractivity contribution is -0.140. The van der Waals surface area contributed by atoms with Crippen molar-refractivity contribution in [2.75, 3.05) is 12.3 Å². The number of aliphatic carboxylic acids is 1. The van der Waals surface area contributed by atoms with Gasteiger partial charge in [0.15, 0.2) is 0 Å². The van der Waals surface area contributed by atoms with Crippen molar-refractivity contribution in [2.24, 2.45) is 5.92 Å². The minimum Gasteiger partial charge on any atom is -0.480 e. The number of hydrogen-bond donors (Lipinski definition) is 2. The fourth-order valence-corrected chi connectivity index (χ4v) is 4.10. The van der Waals surface area contributed by atoms with E-state index in [-0.39, 0.29) is 24.6 Å². The van der Waals surface area contributed by atoms with E-state index in [0.29, 0.717) is 17.5 Å². The Bertz CT molecular complexity index is 785. The number of carboxylic acids is 1. The zero-order chi connectivity index (χ0) is 19.5. The van der Waals surface area contributed by atoms with Crippen LogP contribution in [0.2, 0.25) is 0 Å². The number of fused-ring (bicyclic) bond motifs is 1. The zero-order valence-corrected chi connectivity index (χ0v) is 15.5. The number of nitrogens with one attached hydrogen (secondary N) is 1. The Labute approximate surface area is 152 Å². The maximum atomic E-state index is 12.2. The van der Waals surface area contributed by atoms with Crippen LogP contribution in [0.1, 0.15) is 47.4 Å². The summed E-state index contributed by atoms with van der Waals surface area (Å²) < 4.78 is 26.5. The standard InChI is InChI=1S/C17H22N2O6S/c1-3-11(2)14(17(22)23)18-26(24,25)10-6-9-19-15(20)12-7-4-5-8-13(12)16(19)21/h4-5,7-8,11,14,18H,3,6,9-10H2,1-2H3,(H,22,23)/t11-,14-/m0/s1. The SMILES string of the molecule is CC[C@H](C)[C@H](NS(=O)(=O)CCCN1C(=O)c2ccccc2C1=O)C(=O)O. The van der Waals surface area contributed by atoms with E-state index in [1.165, 1.54) is 0 Å². The molecule has 9 heteroatoms. The first-order chi connectivity index (χ1) is 12.2. The summed E-state index contributed by atoms with van der Waals surface area (Å²) >= 11 is 0. The Morgan fingerprint density at radius 3 is 2.19 bits per heavy atom. The molecule has 1 aliphatic heterocycles. The molecule has 2 N–H and O–H groups in total. The van der Waals surface area contributed by atoms with Gasteiger partial charge in [-0.1, -0.05) is 32.4 Å². The van der Waals surface area contributed by atoms with Crippen LogP contribution in [0.15, 0.2) is 24.3 Å². The Hall–Kier alpha value is -2.26. The molecule has 1 aliphatic rings. The minimum atomic E-state index is -3.86. The molecule has 0 aromatic heterocycles. The molecule has 8 nitrogen and oxygen atoms in total. The molecular formula is C17H22N2O6S. The number of carbonyl (C=O) groups excluding carboxylic acids is 2. The third kappa shape index (κ3) is 4.28. The van der Waals surface area contributed by atoms with E-state index >= 15 is 0 Å². The summed E-state index contributed by atoms with van der Waals surface area (Å²) in [7, 11) is -3.86. The van der Waals surface area contributed by atoms with Crippen molar-refractivity contribution in [3.63, 3.8) is 0 Å². The van der Waals surface area contributed by atoms with E-state index in [9.17, 15) is 27.9 Å². The number of benzene rings is 1. The molecule has 142 valence electrons. The van der Waals surface area contributed by atoms with E-state index in [1.807, 2.05) is 0 Å². The fourth-order valence-electron chi connectivity index (χ4n) is 2.75. The predicted octanol–water partition coefficient (Wildman–Crippen LogP) is 1.09. The van der Waals surface area contributed by atoms with Crippen molar-refractivity contribution >= 4 is 27.8 Å². The van der Waals surface area contributed by atoms with Gasteiger partial charge in [-0.15, -0.1) is 0 Å². The third-order valence-corrected chi connectivity index (χ3v) is 5.90.